The summed E-state index contributed by atoms with van der Waals surface area (Å²) in [7, 11) is 4.02. The number of aliphatic hydroxyl groups is 1. The van der Waals surface area contributed by atoms with Gasteiger partial charge in [0.2, 0.25) is 0 Å². The zero-order chi connectivity index (χ0) is 13.0. The maximum absolute atomic E-state index is 10.4. The first-order chi connectivity index (χ1) is 8.59. The molecule has 1 N–H and O–H groups in total. The van der Waals surface area contributed by atoms with Crippen LogP contribution in [0.5, 0.6) is 0 Å². The Morgan fingerprint density at radius 2 is 2.22 bits per heavy atom. The van der Waals surface area contributed by atoms with Gasteiger partial charge in [-0.1, -0.05) is 0 Å². The van der Waals surface area contributed by atoms with Gasteiger partial charge in [-0.2, -0.15) is 5.10 Å². The van der Waals surface area contributed by atoms with Crippen molar-refractivity contribution in [1.82, 2.24) is 14.7 Å². The molecule has 1 aromatic heterocycles. The summed E-state index contributed by atoms with van der Waals surface area (Å²) < 4.78 is 7.19. The van der Waals surface area contributed by atoms with E-state index in [-0.39, 0.29) is 0 Å². The summed E-state index contributed by atoms with van der Waals surface area (Å²) in [5.74, 6) is 0. The molecule has 0 radical (unpaired) electrons. The molecule has 0 amide bonds. The van der Waals surface area contributed by atoms with Crippen molar-refractivity contribution in [3.8, 4) is 0 Å². The van der Waals surface area contributed by atoms with Crippen LogP contribution in [0.15, 0.2) is 12.3 Å². The molecular weight excluding hydrogens is 230 g/mol. The van der Waals surface area contributed by atoms with Gasteiger partial charge in [0.25, 0.3) is 0 Å². The van der Waals surface area contributed by atoms with Crippen LogP contribution in [0, 0.1) is 0 Å². The lowest BCUT2D eigenvalue weighted by Gasteiger charge is -2.35. The fourth-order valence-corrected chi connectivity index (χ4v) is 2.44. The van der Waals surface area contributed by atoms with Crippen LogP contribution in [0.3, 0.4) is 0 Å². The Balaban J connectivity index is 1.78. The van der Waals surface area contributed by atoms with E-state index in [1.165, 1.54) is 5.69 Å². The summed E-state index contributed by atoms with van der Waals surface area (Å²) >= 11 is 0. The third kappa shape index (κ3) is 3.54. The molecule has 1 saturated heterocycles. The first-order valence-corrected chi connectivity index (χ1v) is 6.55. The Morgan fingerprint density at radius 1 is 1.50 bits per heavy atom. The molecular formula is C13H23N3O2. The standard InChI is InChI=1S/C13H23N3O2/c1-15(8-4-12-3-7-14-16(12)2)11-13(17)5-9-18-10-6-13/h3,7,17H,4-6,8-11H2,1-2H3. The molecule has 1 aromatic rings. The molecule has 1 aliphatic rings. The van der Waals surface area contributed by atoms with Crippen LogP contribution < -0.4 is 0 Å². The third-order valence-corrected chi connectivity index (χ3v) is 3.66. The van der Waals surface area contributed by atoms with Crippen LogP contribution in [0.4, 0.5) is 0 Å². The van der Waals surface area contributed by atoms with Gasteiger partial charge in [-0.15, -0.1) is 0 Å². The molecule has 0 saturated carbocycles. The number of rotatable bonds is 5. The number of hydrogen-bond donors (Lipinski definition) is 1. The molecule has 102 valence electrons. The van der Waals surface area contributed by atoms with E-state index in [1.807, 2.05) is 24.0 Å². The lowest BCUT2D eigenvalue weighted by Crippen LogP contribution is -2.46. The summed E-state index contributed by atoms with van der Waals surface area (Å²) in [4.78, 5) is 2.19. The van der Waals surface area contributed by atoms with Gasteiger partial charge in [0.15, 0.2) is 0 Å². The van der Waals surface area contributed by atoms with Gasteiger partial charge in [0.05, 0.1) is 5.60 Å². The van der Waals surface area contributed by atoms with Crippen LogP contribution >= 0.6 is 0 Å². The molecule has 18 heavy (non-hydrogen) atoms. The monoisotopic (exact) mass is 253 g/mol. The Hall–Kier alpha value is -0.910. The minimum atomic E-state index is -0.570. The van der Waals surface area contributed by atoms with E-state index in [2.05, 4.69) is 17.0 Å². The molecule has 2 rings (SSSR count). The highest BCUT2D eigenvalue weighted by atomic mass is 16.5. The maximum atomic E-state index is 10.4. The predicted molar refractivity (Wildman–Crippen MR) is 69.4 cm³/mol. The van der Waals surface area contributed by atoms with Gasteiger partial charge >= 0.3 is 0 Å². The normalized spacial score (nSPS) is 19.3. The first kappa shape index (κ1) is 13.5. The third-order valence-electron chi connectivity index (χ3n) is 3.66. The number of likely N-dealkylation sites (N-methyl/N-ethyl adjacent to an activating group) is 1. The average molecular weight is 253 g/mol. The number of aromatic nitrogens is 2. The van der Waals surface area contributed by atoms with E-state index in [9.17, 15) is 5.11 Å². The fourth-order valence-electron chi connectivity index (χ4n) is 2.44. The van der Waals surface area contributed by atoms with Gasteiger partial charge in [-0.25, -0.2) is 0 Å². The highest BCUT2D eigenvalue weighted by molar-refractivity contribution is 5.00. The van der Waals surface area contributed by atoms with Crippen molar-refractivity contribution in [3.05, 3.63) is 18.0 Å². The topological polar surface area (TPSA) is 50.5 Å². The first-order valence-electron chi connectivity index (χ1n) is 6.55. The van der Waals surface area contributed by atoms with Crippen molar-refractivity contribution in [1.29, 1.82) is 0 Å². The minimum Gasteiger partial charge on any atom is -0.388 e. The molecule has 0 aromatic carbocycles. The van der Waals surface area contributed by atoms with Crippen molar-refractivity contribution >= 4 is 0 Å². The van der Waals surface area contributed by atoms with Gasteiger partial charge in [-0.3, -0.25) is 4.68 Å². The largest absolute Gasteiger partial charge is 0.388 e. The molecule has 5 nitrogen and oxygen atoms in total. The zero-order valence-corrected chi connectivity index (χ0v) is 11.3. The van der Waals surface area contributed by atoms with E-state index in [0.29, 0.717) is 19.8 Å². The number of nitrogens with zero attached hydrogens (tertiary/aromatic N) is 3. The number of hydrogen-bond acceptors (Lipinski definition) is 4. The SMILES string of the molecule is CN(CCc1ccnn1C)CC1(O)CCOCC1. The summed E-state index contributed by atoms with van der Waals surface area (Å²) in [6, 6.07) is 2.04. The zero-order valence-electron chi connectivity index (χ0n) is 11.3. The Kier molecular flexibility index (Phi) is 4.37. The number of aryl methyl sites for hydroxylation is 1. The quantitative estimate of drug-likeness (QED) is 0.827. The molecule has 0 atom stereocenters. The smallest absolute Gasteiger partial charge is 0.0817 e. The minimum absolute atomic E-state index is 0.570. The van der Waals surface area contributed by atoms with Crippen LogP contribution in [0.2, 0.25) is 0 Å². The van der Waals surface area contributed by atoms with E-state index >= 15 is 0 Å². The van der Waals surface area contributed by atoms with Crippen LogP contribution in [0.1, 0.15) is 18.5 Å². The highest BCUT2D eigenvalue weighted by Crippen LogP contribution is 2.21. The molecule has 0 spiro atoms. The second-order valence-electron chi connectivity index (χ2n) is 5.27. The number of ether oxygens (including phenoxy) is 1. The van der Waals surface area contributed by atoms with Gasteiger partial charge in [0.1, 0.15) is 0 Å². The molecule has 2 heterocycles. The summed E-state index contributed by atoms with van der Waals surface area (Å²) in [6.07, 6.45) is 4.26. The Morgan fingerprint density at radius 3 is 2.83 bits per heavy atom. The van der Waals surface area contributed by atoms with Crippen LogP contribution in [-0.2, 0) is 18.2 Å². The van der Waals surface area contributed by atoms with E-state index in [1.54, 1.807) is 0 Å². The van der Waals surface area contributed by atoms with Crippen molar-refractivity contribution in [2.24, 2.45) is 7.05 Å². The van der Waals surface area contributed by atoms with Crippen LogP contribution in [0.25, 0.3) is 0 Å². The Bertz CT molecular complexity index is 372. The second kappa shape index (κ2) is 5.82. The maximum Gasteiger partial charge on any atom is 0.0817 e. The highest BCUT2D eigenvalue weighted by Gasteiger charge is 2.30. The second-order valence-corrected chi connectivity index (χ2v) is 5.27. The van der Waals surface area contributed by atoms with E-state index < -0.39 is 5.60 Å². The molecule has 5 heteroatoms. The van der Waals surface area contributed by atoms with Gasteiger partial charge in [-0.05, 0) is 13.1 Å². The van der Waals surface area contributed by atoms with Crippen molar-refractivity contribution in [2.45, 2.75) is 24.9 Å². The van der Waals surface area contributed by atoms with Crippen molar-refractivity contribution in [3.63, 3.8) is 0 Å². The molecule has 0 aliphatic carbocycles. The van der Waals surface area contributed by atoms with Crippen molar-refractivity contribution < 1.29 is 9.84 Å². The van der Waals surface area contributed by atoms with Gasteiger partial charge < -0.3 is 14.7 Å². The summed E-state index contributed by atoms with van der Waals surface area (Å²) in [5, 5.41) is 14.6. The lowest BCUT2D eigenvalue weighted by molar-refractivity contribution is -0.0767. The molecule has 1 aliphatic heterocycles. The van der Waals surface area contributed by atoms with E-state index in [4.69, 9.17) is 4.74 Å². The molecule has 1 fully saturated rings. The molecule has 0 bridgehead atoms. The van der Waals surface area contributed by atoms with Crippen LogP contribution in [-0.4, -0.2) is 58.7 Å². The summed E-state index contributed by atoms with van der Waals surface area (Å²) in [6.45, 7) is 3.00. The van der Waals surface area contributed by atoms with Gasteiger partial charge in [0, 0.05) is 64.5 Å². The van der Waals surface area contributed by atoms with E-state index in [0.717, 1.165) is 25.8 Å². The van der Waals surface area contributed by atoms with Crippen molar-refractivity contribution in [2.75, 3.05) is 33.4 Å². The predicted octanol–water partition coefficient (Wildman–Crippen LogP) is 0.436. The average Bonchev–Trinajstić information content (AvgIpc) is 2.72. The fraction of sp³-hybridized carbons (Fsp3) is 0.769. The summed E-state index contributed by atoms with van der Waals surface area (Å²) in [5.41, 5.74) is 0.653. The Labute approximate surface area is 108 Å². The lowest BCUT2D eigenvalue weighted by atomic mass is 9.94. The molecule has 0 unspecified atom stereocenters.